The number of hydrogen-bond acceptors (Lipinski definition) is 3. The highest BCUT2D eigenvalue weighted by molar-refractivity contribution is 6.32. The zero-order valence-corrected chi connectivity index (χ0v) is 15.6. The average Bonchev–Trinajstić information content (AvgIpc) is 2.67. The molecule has 1 saturated heterocycles. The van der Waals surface area contributed by atoms with Crippen LogP contribution in [0.1, 0.15) is 18.4 Å². The molecule has 4 nitrogen and oxygen atoms in total. The number of carbonyl (C=O) groups excluding carboxylic acids is 1. The molecule has 138 valence electrons. The van der Waals surface area contributed by atoms with E-state index in [4.69, 9.17) is 16.3 Å². The Morgan fingerprint density at radius 3 is 2.73 bits per heavy atom. The number of halogens is 1. The van der Waals surface area contributed by atoms with Gasteiger partial charge in [-0.05, 0) is 43.0 Å². The Bertz CT molecular complexity index is 708. The Labute approximate surface area is 160 Å². The van der Waals surface area contributed by atoms with Gasteiger partial charge in [-0.3, -0.25) is 9.69 Å². The van der Waals surface area contributed by atoms with Crippen LogP contribution in [0.25, 0.3) is 0 Å². The summed E-state index contributed by atoms with van der Waals surface area (Å²) in [5.74, 6) is 0.915. The molecule has 1 atom stereocenters. The fourth-order valence-corrected chi connectivity index (χ4v) is 3.51. The Morgan fingerprint density at radius 2 is 1.92 bits per heavy atom. The lowest BCUT2D eigenvalue weighted by atomic mass is 9.97. The van der Waals surface area contributed by atoms with Gasteiger partial charge in [-0.1, -0.05) is 54.1 Å². The first kappa shape index (κ1) is 18.7. The highest BCUT2D eigenvalue weighted by Gasteiger charge is 2.20. The van der Waals surface area contributed by atoms with Crippen molar-refractivity contribution in [1.82, 2.24) is 10.2 Å². The average molecular weight is 373 g/mol. The van der Waals surface area contributed by atoms with Crippen LogP contribution in [0.2, 0.25) is 5.02 Å². The van der Waals surface area contributed by atoms with E-state index >= 15 is 0 Å². The second-order valence-electron chi connectivity index (χ2n) is 6.75. The number of hydrogen-bond donors (Lipinski definition) is 1. The fourth-order valence-electron chi connectivity index (χ4n) is 3.32. The molecule has 5 heteroatoms. The van der Waals surface area contributed by atoms with Crippen molar-refractivity contribution in [2.24, 2.45) is 5.92 Å². The predicted octanol–water partition coefficient (Wildman–Crippen LogP) is 3.75. The number of likely N-dealkylation sites (tertiary alicyclic amines) is 1. The highest BCUT2D eigenvalue weighted by Crippen LogP contribution is 2.23. The van der Waals surface area contributed by atoms with Crippen LogP contribution in [0.4, 0.5) is 0 Å². The third kappa shape index (κ3) is 5.75. The normalized spacial score (nSPS) is 17.7. The molecule has 0 saturated carbocycles. The molecular weight excluding hydrogens is 348 g/mol. The largest absolute Gasteiger partial charge is 0.482 e. The minimum absolute atomic E-state index is 0.00974. The van der Waals surface area contributed by atoms with Gasteiger partial charge in [-0.25, -0.2) is 0 Å². The van der Waals surface area contributed by atoms with Crippen molar-refractivity contribution >= 4 is 17.5 Å². The summed E-state index contributed by atoms with van der Waals surface area (Å²) in [6.07, 6.45) is 2.32. The summed E-state index contributed by atoms with van der Waals surface area (Å²) >= 11 is 6.03. The third-order valence-corrected chi connectivity index (χ3v) is 4.95. The maximum absolute atomic E-state index is 12.1. The van der Waals surface area contributed by atoms with Crippen LogP contribution >= 0.6 is 11.6 Å². The topological polar surface area (TPSA) is 41.6 Å². The molecule has 0 aliphatic carbocycles. The summed E-state index contributed by atoms with van der Waals surface area (Å²) < 4.78 is 5.48. The minimum Gasteiger partial charge on any atom is -0.482 e. The van der Waals surface area contributed by atoms with E-state index in [1.807, 2.05) is 18.2 Å². The number of rotatable bonds is 7. The Kier molecular flexibility index (Phi) is 6.92. The van der Waals surface area contributed by atoms with E-state index in [1.54, 1.807) is 12.1 Å². The van der Waals surface area contributed by atoms with Crippen LogP contribution in [-0.2, 0) is 11.3 Å². The maximum Gasteiger partial charge on any atom is 0.257 e. The summed E-state index contributed by atoms with van der Waals surface area (Å²) in [4.78, 5) is 14.5. The number of nitrogens with one attached hydrogen (secondary N) is 1. The van der Waals surface area contributed by atoms with Gasteiger partial charge in [0.05, 0.1) is 5.02 Å². The highest BCUT2D eigenvalue weighted by atomic mass is 35.5. The van der Waals surface area contributed by atoms with E-state index in [9.17, 15) is 4.79 Å². The van der Waals surface area contributed by atoms with Crippen LogP contribution in [0.3, 0.4) is 0 Å². The number of carbonyl (C=O) groups is 1. The second-order valence-corrected chi connectivity index (χ2v) is 7.16. The van der Waals surface area contributed by atoms with Gasteiger partial charge in [-0.2, -0.15) is 0 Å². The van der Waals surface area contributed by atoms with Crippen molar-refractivity contribution in [3.05, 3.63) is 65.2 Å². The molecule has 1 fully saturated rings. The van der Waals surface area contributed by atoms with E-state index in [-0.39, 0.29) is 12.5 Å². The van der Waals surface area contributed by atoms with Crippen LogP contribution in [0.5, 0.6) is 5.75 Å². The fraction of sp³-hybridized carbons (Fsp3) is 0.381. The Morgan fingerprint density at radius 1 is 1.15 bits per heavy atom. The van der Waals surface area contributed by atoms with E-state index < -0.39 is 0 Å². The van der Waals surface area contributed by atoms with Crippen molar-refractivity contribution in [3.63, 3.8) is 0 Å². The molecule has 0 radical (unpaired) electrons. The van der Waals surface area contributed by atoms with Crippen molar-refractivity contribution in [2.75, 3.05) is 26.2 Å². The van der Waals surface area contributed by atoms with Crippen LogP contribution < -0.4 is 10.1 Å². The van der Waals surface area contributed by atoms with Crippen LogP contribution in [0, 0.1) is 5.92 Å². The molecule has 1 aliphatic rings. The molecular formula is C21H25ClN2O2. The van der Waals surface area contributed by atoms with Gasteiger partial charge in [0.25, 0.3) is 5.91 Å². The molecule has 1 aliphatic heterocycles. The Balaban J connectivity index is 1.39. The quantitative estimate of drug-likeness (QED) is 0.804. The molecule has 2 aromatic carbocycles. The predicted molar refractivity (Wildman–Crippen MR) is 104 cm³/mol. The number of benzene rings is 2. The van der Waals surface area contributed by atoms with Gasteiger partial charge in [0.15, 0.2) is 6.61 Å². The monoisotopic (exact) mass is 372 g/mol. The second kappa shape index (κ2) is 9.60. The molecule has 0 spiro atoms. The van der Waals surface area contributed by atoms with Crippen molar-refractivity contribution < 1.29 is 9.53 Å². The molecule has 2 aromatic rings. The first-order valence-corrected chi connectivity index (χ1v) is 9.49. The summed E-state index contributed by atoms with van der Waals surface area (Å²) in [6.45, 7) is 3.79. The minimum atomic E-state index is -0.106. The maximum atomic E-state index is 12.1. The van der Waals surface area contributed by atoms with Crippen molar-refractivity contribution in [3.8, 4) is 5.75 Å². The summed E-state index contributed by atoms with van der Waals surface area (Å²) in [7, 11) is 0. The number of amides is 1. The summed E-state index contributed by atoms with van der Waals surface area (Å²) in [5.41, 5.74) is 1.34. The summed E-state index contributed by atoms with van der Waals surface area (Å²) in [6, 6.07) is 17.7. The number of ether oxygens (including phenoxy) is 1. The molecule has 26 heavy (non-hydrogen) atoms. The zero-order valence-electron chi connectivity index (χ0n) is 14.9. The first-order chi connectivity index (χ1) is 12.7. The van der Waals surface area contributed by atoms with E-state index in [0.29, 0.717) is 23.2 Å². The standard InChI is InChI=1S/C21H25ClN2O2/c22-19-10-4-5-11-20(19)26-16-21(25)23-13-18-9-6-12-24(15-18)14-17-7-2-1-3-8-17/h1-5,7-8,10-11,18H,6,9,12-16H2,(H,23,25). The molecule has 1 heterocycles. The van der Waals surface area contributed by atoms with Gasteiger partial charge in [0.2, 0.25) is 0 Å². The van der Waals surface area contributed by atoms with Gasteiger partial charge in [0.1, 0.15) is 5.75 Å². The van der Waals surface area contributed by atoms with Gasteiger partial charge < -0.3 is 10.1 Å². The number of nitrogens with zero attached hydrogens (tertiary/aromatic N) is 1. The van der Waals surface area contributed by atoms with Gasteiger partial charge in [0, 0.05) is 19.6 Å². The molecule has 0 bridgehead atoms. The lowest BCUT2D eigenvalue weighted by molar-refractivity contribution is -0.123. The Hall–Kier alpha value is -2.04. The smallest absolute Gasteiger partial charge is 0.257 e. The van der Waals surface area contributed by atoms with E-state index in [1.165, 1.54) is 12.0 Å². The van der Waals surface area contributed by atoms with E-state index in [0.717, 1.165) is 26.1 Å². The van der Waals surface area contributed by atoms with Crippen molar-refractivity contribution in [2.45, 2.75) is 19.4 Å². The van der Waals surface area contributed by atoms with Crippen LogP contribution in [0.15, 0.2) is 54.6 Å². The van der Waals surface area contributed by atoms with Gasteiger partial charge >= 0.3 is 0 Å². The van der Waals surface area contributed by atoms with Gasteiger partial charge in [-0.15, -0.1) is 0 Å². The van der Waals surface area contributed by atoms with Crippen LogP contribution in [-0.4, -0.2) is 37.0 Å². The molecule has 1 unspecified atom stereocenters. The lowest BCUT2D eigenvalue weighted by Crippen LogP contribution is -2.41. The summed E-state index contributed by atoms with van der Waals surface area (Å²) in [5, 5.41) is 3.51. The number of piperidine rings is 1. The first-order valence-electron chi connectivity index (χ1n) is 9.11. The molecule has 3 rings (SSSR count). The lowest BCUT2D eigenvalue weighted by Gasteiger charge is -2.32. The zero-order chi connectivity index (χ0) is 18.2. The van der Waals surface area contributed by atoms with E-state index in [2.05, 4.69) is 34.5 Å². The third-order valence-electron chi connectivity index (χ3n) is 4.64. The van der Waals surface area contributed by atoms with Crippen molar-refractivity contribution in [1.29, 1.82) is 0 Å². The SMILES string of the molecule is O=C(COc1ccccc1Cl)NCC1CCCN(Cc2ccccc2)C1. The molecule has 1 N–H and O–H groups in total. The molecule has 0 aromatic heterocycles. The number of para-hydroxylation sites is 1. The molecule has 1 amide bonds.